The first-order chi connectivity index (χ1) is 13.2. The molecule has 27 heavy (non-hydrogen) atoms. The van der Waals surface area contributed by atoms with Crippen LogP contribution in [0.25, 0.3) is 0 Å². The highest BCUT2D eigenvalue weighted by atomic mass is 16.2. The highest BCUT2D eigenvalue weighted by molar-refractivity contribution is 5.79. The summed E-state index contributed by atoms with van der Waals surface area (Å²) in [4.78, 5) is 27.1. The van der Waals surface area contributed by atoms with Gasteiger partial charge in [0.2, 0.25) is 5.91 Å². The summed E-state index contributed by atoms with van der Waals surface area (Å²) in [5.41, 5.74) is 2.38. The van der Waals surface area contributed by atoms with E-state index in [1.165, 1.54) is 30.5 Å². The minimum atomic E-state index is -0.0357. The van der Waals surface area contributed by atoms with E-state index in [1.807, 2.05) is 11.1 Å². The van der Waals surface area contributed by atoms with Crippen molar-refractivity contribution in [2.45, 2.75) is 76.3 Å². The van der Waals surface area contributed by atoms with Crippen LogP contribution in [-0.4, -0.2) is 52.2 Å². The lowest BCUT2D eigenvalue weighted by molar-refractivity contribution is -0.137. The number of hydrogen-bond donors (Lipinski definition) is 3. The van der Waals surface area contributed by atoms with Crippen LogP contribution < -0.4 is 10.6 Å². The summed E-state index contributed by atoms with van der Waals surface area (Å²) < 4.78 is 0. The third kappa shape index (κ3) is 4.45. The summed E-state index contributed by atoms with van der Waals surface area (Å²) in [5, 5.41) is 13.4. The van der Waals surface area contributed by atoms with Gasteiger partial charge in [-0.2, -0.15) is 5.10 Å². The maximum Gasteiger partial charge on any atom is 0.315 e. The Bertz CT molecular complexity index is 659. The van der Waals surface area contributed by atoms with Crippen LogP contribution in [0.1, 0.15) is 62.6 Å². The second-order valence-electron chi connectivity index (χ2n) is 8.37. The molecule has 7 nitrogen and oxygen atoms in total. The fourth-order valence-electron chi connectivity index (χ4n) is 4.79. The Morgan fingerprint density at radius 2 is 1.70 bits per heavy atom. The van der Waals surface area contributed by atoms with Crippen LogP contribution in [0.15, 0.2) is 6.20 Å². The second kappa shape index (κ2) is 8.31. The molecular formula is C20H31N5O2. The number of fused-ring (bicyclic) bond motifs is 1. The number of urea groups is 1. The van der Waals surface area contributed by atoms with Crippen molar-refractivity contribution in [2.24, 2.45) is 5.92 Å². The first kappa shape index (κ1) is 18.3. The molecule has 0 spiro atoms. The predicted octanol–water partition coefficient (Wildman–Crippen LogP) is 2.14. The zero-order valence-electron chi connectivity index (χ0n) is 16.0. The summed E-state index contributed by atoms with van der Waals surface area (Å²) in [6, 6.07) is 0.468. The number of nitrogens with zero attached hydrogens (tertiary/aromatic N) is 2. The number of carbonyl (C=O) groups excluding carboxylic acids is 2. The molecule has 3 aliphatic rings. The number of aromatic amines is 1. The minimum absolute atomic E-state index is 0.0357. The standard InChI is InChI=1S/C20H31N5O2/c26-19(14-6-7-18-15(12-14)13-21-24-18)25-10-8-17(9-11-25)23-20(27)22-16-4-2-1-3-5-16/h13-14,16-17H,1-12H2,(H,21,24)(H2,22,23,27). The molecule has 1 aliphatic heterocycles. The molecule has 1 saturated carbocycles. The van der Waals surface area contributed by atoms with E-state index in [0.717, 1.165) is 58.0 Å². The first-order valence-corrected chi connectivity index (χ1v) is 10.6. The van der Waals surface area contributed by atoms with E-state index in [1.54, 1.807) is 0 Å². The van der Waals surface area contributed by atoms with Gasteiger partial charge in [0, 0.05) is 36.8 Å². The van der Waals surface area contributed by atoms with Gasteiger partial charge in [0.15, 0.2) is 0 Å². The molecule has 1 atom stereocenters. The maximum absolute atomic E-state index is 12.9. The van der Waals surface area contributed by atoms with E-state index in [9.17, 15) is 9.59 Å². The van der Waals surface area contributed by atoms with Gasteiger partial charge in [0.25, 0.3) is 0 Å². The monoisotopic (exact) mass is 373 g/mol. The van der Waals surface area contributed by atoms with Crippen LogP contribution in [-0.2, 0) is 17.6 Å². The first-order valence-electron chi connectivity index (χ1n) is 10.6. The molecule has 2 heterocycles. The average molecular weight is 374 g/mol. The van der Waals surface area contributed by atoms with Crippen molar-refractivity contribution in [3.8, 4) is 0 Å². The SMILES string of the molecule is O=C(NC1CCCCC1)NC1CCN(C(=O)C2CCc3[nH]ncc3C2)CC1. The van der Waals surface area contributed by atoms with Gasteiger partial charge in [0.05, 0.1) is 6.20 Å². The van der Waals surface area contributed by atoms with Gasteiger partial charge in [0.1, 0.15) is 0 Å². The van der Waals surface area contributed by atoms with Crippen molar-refractivity contribution in [3.63, 3.8) is 0 Å². The zero-order chi connectivity index (χ0) is 18.6. The third-order valence-corrected chi connectivity index (χ3v) is 6.45. The van der Waals surface area contributed by atoms with E-state index in [2.05, 4.69) is 20.8 Å². The number of carbonyl (C=O) groups is 2. The number of likely N-dealkylation sites (tertiary alicyclic amines) is 1. The molecule has 1 unspecified atom stereocenters. The molecule has 0 radical (unpaired) electrons. The van der Waals surface area contributed by atoms with Gasteiger partial charge >= 0.3 is 6.03 Å². The molecular weight excluding hydrogens is 342 g/mol. The summed E-state index contributed by atoms with van der Waals surface area (Å²) in [6.45, 7) is 1.48. The Labute approximate surface area is 160 Å². The van der Waals surface area contributed by atoms with Crippen LogP contribution in [0.3, 0.4) is 0 Å². The minimum Gasteiger partial charge on any atom is -0.342 e. The topological polar surface area (TPSA) is 90.1 Å². The fourth-order valence-corrected chi connectivity index (χ4v) is 4.79. The Hall–Kier alpha value is -2.05. The van der Waals surface area contributed by atoms with Crippen LogP contribution in [0.5, 0.6) is 0 Å². The molecule has 0 aromatic carbocycles. The second-order valence-corrected chi connectivity index (χ2v) is 8.37. The Morgan fingerprint density at radius 3 is 2.44 bits per heavy atom. The highest BCUT2D eigenvalue weighted by Crippen LogP contribution is 2.26. The molecule has 1 saturated heterocycles. The van der Waals surface area contributed by atoms with E-state index in [-0.39, 0.29) is 23.9 Å². The molecule has 4 rings (SSSR count). The molecule has 148 valence electrons. The van der Waals surface area contributed by atoms with Gasteiger partial charge in [-0.05, 0) is 50.5 Å². The molecule has 2 fully saturated rings. The lowest BCUT2D eigenvalue weighted by Gasteiger charge is -2.35. The lowest BCUT2D eigenvalue weighted by atomic mass is 9.86. The maximum atomic E-state index is 12.9. The summed E-state index contributed by atoms with van der Waals surface area (Å²) in [6.07, 6.45) is 12.1. The summed E-state index contributed by atoms with van der Waals surface area (Å²) in [5.74, 6) is 0.348. The van der Waals surface area contributed by atoms with E-state index < -0.39 is 0 Å². The van der Waals surface area contributed by atoms with E-state index in [0.29, 0.717) is 6.04 Å². The summed E-state index contributed by atoms with van der Waals surface area (Å²) in [7, 11) is 0. The zero-order valence-corrected chi connectivity index (χ0v) is 16.0. The molecule has 3 amide bonds. The van der Waals surface area contributed by atoms with Gasteiger partial charge in [-0.1, -0.05) is 19.3 Å². The summed E-state index contributed by atoms with van der Waals surface area (Å²) >= 11 is 0. The third-order valence-electron chi connectivity index (χ3n) is 6.45. The fraction of sp³-hybridized carbons (Fsp3) is 0.750. The van der Waals surface area contributed by atoms with Gasteiger partial charge in [-0.25, -0.2) is 4.79 Å². The number of H-pyrrole nitrogens is 1. The number of rotatable bonds is 3. The Balaban J connectivity index is 1.20. The Kier molecular flexibility index (Phi) is 5.64. The predicted molar refractivity (Wildman–Crippen MR) is 102 cm³/mol. The van der Waals surface area contributed by atoms with Crippen molar-refractivity contribution < 1.29 is 9.59 Å². The van der Waals surface area contributed by atoms with Crippen molar-refractivity contribution in [1.82, 2.24) is 25.7 Å². The molecule has 0 bridgehead atoms. The van der Waals surface area contributed by atoms with Crippen LogP contribution >= 0.6 is 0 Å². The number of aryl methyl sites for hydroxylation is 1. The van der Waals surface area contributed by atoms with Crippen LogP contribution in [0, 0.1) is 5.92 Å². The largest absolute Gasteiger partial charge is 0.342 e. The molecule has 1 aromatic heterocycles. The van der Waals surface area contributed by atoms with Crippen molar-refractivity contribution in [1.29, 1.82) is 0 Å². The van der Waals surface area contributed by atoms with Gasteiger partial charge < -0.3 is 15.5 Å². The quantitative estimate of drug-likeness (QED) is 0.758. The van der Waals surface area contributed by atoms with Gasteiger partial charge in [-0.15, -0.1) is 0 Å². The number of aromatic nitrogens is 2. The van der Waals surface area contributed by atoms with E-state index >= 15 is 0 Å². The van der Waals surface area contributed by atoms with Crippen LogP contribution in [0.2, 0.25) is 0 Å². The van der Waals surface area contributed by atoms with E-state index in [4.69, 9.17) is 0 Å². The number of piperidine rings is 1. The number of amides is 3. The Morgan fingerprint density at radius 1 is 1.00 bits per heavy atom. The van der Waals surface area contributed by atoms with Crippen molar-refractivity contribution >= 4 is 11.9 Å². The van der Waals surface area contributed by atoms with Gasteiger partial charge in [-0.3, -0.25) is 9.89 Å². The van der Waals surface area contributed by atoms with Crippen molar-refractivity contribution in [3.05, 3.63) is 17.5 Å². The molecule has 7 heteroatoms. The normalized spacial score (nSPS) is 24.3. The average Bonchev–Trinajstić information content (AvgIpc) is 3.16. The van der Waals surface area contributed by atoms with Crippen molar-refractivity contribution in [2.75, 3.05) is 13.1 Å². The number of hydrogen-bond acceptors (Lipinski definition) is 3. The molecule has 2 aliphatic carbocycles. The molecule has 3 N–H and O–H groups in total. The molecule has 1 aromatic rings. The van der Waals surface area contributed by atoms with Crippen LogP contribution in [0.4, 0.5) is 4.79 Å². The highest BCUT2D eigenvalue weighted by Gasteiger charge is 2.31. The smallest absolute Gasteiger partial charge is 0.315 e. The number of nitrogens with one attached hydrogen (secondary N) is 3. The lowest BCUT2D eigenvalue weighted by Crippen LogP contribution is -2.52.